The van der Waals surface area contributed by atoms with Crippen molar-refractivity contribution in [1.29, 1.82) is 0 Å². The molecule has 0 saturated heterocycles. The molecule has 1 aromatic carbocycles. The highest BCUT2D eigenvalue weighted by atomic mass is 15.3. The van der Waals surface area contributed by atoms with Crippen molar-refractivity contribution in [3.05, 3.63) is 53.1 Å². The number of aromatic nitrogens is 4. The van der Waals surface area contributed by atoms with E-state index in [4.69, 9.17) is 5.73 Å². The second-order valence-electron chi connectivity index (χ2n) is 4.67. The Balaban J connectivity index is 2.09. The molecule has 0 unspecified atom stereocenters. The fourth-order valence-corrected chi connectivity index (χ4v) is 2.28. The molecule has 2 aromatic heterocycles. The van der Waals surface area contributed by atoms with Gasteiger partial charge >= 0.3 is 0 Å². The molecule has 0 radical (unpaired) electrons. The first-order chi connectivity index (χ1) is 9.15. The second-order valence-corrected chi connectivity index (χ2v) is 4.67. The van der Waals surface area contributed by atoms with E-state index < -0.39 is 0 Å². The molecule has 96 valence electrons. The Hall–Kier alpha value is -2.43. The van der Waals surface area contributed by atoms with E-state index in [1.165, 1.54) is 0 Å². The summed E-state index contributed by atoms with van der Waals surface area (Å²) in [6.45, 7) is 3.99. The smallest absolute Gasteiger partial charge is 0.255 e. The van der Waals surface area contributed by atoms with Crippen LogP contribution in [-0.2, 0) is 6.42 Å². The molecule has 5 nitrogen and oxygen atoms in total. The number of benzene rings is 1. The zero-order valence-electron chi connectivity index (χ0n) is 11.0. The van der Waals surface area contributed by atoms with Crippen molar-refractivity contribution in [2.45, 2.75) is 20.3 Å². The maximum atomic E-state index is 5.97. The molecule has 0 bridgehead atoms. The van der Waals surface area contributed by atoms with Gasteiger partial charge in [-0.15, -0.1) is 10.2 Å². The van der Waals surface area contributed by atoms with Gasteiger partial charge in [0.25, 0.3) is 5.78 Å². The highest BCUT2D eigenvalue weighted by Gasteiger charge is 2.11. The van der Waals surface area contributed by atoms with Crippen molar-refractivity contribution in [3.63, 3.8) is 0 Å². The number of anilines is 1. The number of hydrogen-bond acceptors (Lipinski definition) is 4. The molecular formula is C14H15N5. The van der Waals surface area contributed by atoms with Crippen molar-refractivity contribution in [2.75, 3.05) is 5.73 Å². The molecule has 5 heteroatoms. The predicted molar refractivity (Wildman–Crippen MR) is 73.9 cm³/mol. The SMILES string of the molecule is Cc1cc(C)n2c(Cc3ccccc3N)nnc2n1. The standard InChI is InChI=1S/C14H15N5/c1-9-7-10(2)19-13(17-18-14(19)16-9)8-11-5-3-4-6-12(11)15/h3-7H,8,15H2,1-2H3. The van der Waals surface area contributed by atoms with Gasteiger partial charge in [0, 0.05) is 23.5 Å². The summed E-state index contributed by atoms with van der Waals surface area (Å²) in [5.41, 5.74) is 9.83. The van der Waals surface area contributed by atoms with E-state index in [2.05, 4.69) is 15.2 Å². The van der Waals surface area contributed by atoms with Crippen molar-refractivity contribution in [3.8, 4) is 0 Å². The average Bonchev–Trinajstić information content (AvgIpc) is 2.75. The Labute approximate surface area is 111 Å². The molecule has 3 aromatic rings. The van der Waals surface area contributed by atoms with Crippen molar-refractivity contribution in [1.82, 2.24) is 19.6 Å². The molecule has 2 N–H and O–H groups in total. The Morgan fingerprint density at radius 3 is 2.74 bits per heavy atom. The molecule has 0 aliphatic carbocycles. The van der Waals surface area contributed by atoms with Gasteiger partial charge in [0.15, 0.2) is 0 Å². The minimum Gasteiger partial charge on any atom is -0.398 e. The first-order valence-electron chi connectivity index (χ1n) is 6.17. The van der Waals surface area contributed by atoms with Crippen LogP contribution in [0.5, 0.6) is 0 Å². The van der Waals surface area contributed by atoms with Crippen LogP contribution in [0.15, 0.2) is 30.3 Å². The first-order valence-corrected chi connectivity index (χ1v) is 6.17. The van der Waals surface area contributed by atoms with Gasteiger partial charge in [-0.25, -0.2) is 4.98 Å². The summed E-state index contributed by atoms with van der Waals surface area (Å²) < 4.78 is 1.97. The molecule has 19 heavy (non-hydrogen) atoms. The molecule has 0 aliphatic heterocycles. The molecule has 0 aliphatic rings. The van der Waals surface area contributed by atoms with Gasteiger partial charge in [-0.05, 0) is 31.5 Å². The topological polar surface area (TPSA) is 69.1 Å². The summed E-state index contributed by atoms with van der Waals surface area (Å²) >= 11 is 0. The van der Waals surface area contributed by atoms with E-state index in [1.54, 1.807) is 0 Å². The Bertz CT molecular complexity index is 745. The maximum Gasteiger partial charge on any atom is 0.255 e. The van der Waals surface area contributed by atoms with E-state index in [0.29, 0.717) is 12.2 Å². The lowest BCUT2D eigenvalue weighted by atomic mass is 10.1. The van der Waals surface area contributed by atoms with E-state index in [0.717, 1.165) is 28.5 Å². The van der Waals surface area contributed by atoms with Gasteiger partial charge < -0.3 is 5.73 Å². The number of nitrogen functional groups attached to an aromatic ring is 1. The Morgan fingerprint density at radius 2 is 1.95 bits per heavy atom. The Kier molecular flexibility index (Phi) is 2.67. The highest BCUT2D eigenvalue weighted by molar-refractivity contribution is 5.48. The van der Waals surface area contributed by atoms with Gasteiger partial charge in [0.05, 0.1) is 0 Å². The summed E-state index contributed by atoms with van der Waals surface area (Å²) in [6.07, 6.45) is 0.652. The molecule has 0 fully saturated rings. The number of aryl methyl sites for hydroxylation is 2. The van der Waals surface area contributed by atoms with E-state index in [1.807, 2.05) is 48.6 Å². The van der Waals surface area contributed by atoms with Gasteiger partial charge in [-0.1, -0.05) is 18.2 Å². The van der Waals surface area contributed by atoms with Crippen LogP contribution < -0.4 is 5.73 Å². The molecule has 0 atom stereocenters. The van der Waals surface area contributed by atoms with Crippen molar-refractivity contribution in [2.24, 2.45) is 0 Å². The van der Waals surface area contributed by atoms with Gasteiger partial charge in [0.1, 0.15) is 5.82 Å². The number of nitrogens with two attached hydrogens (primary N) is 1. The third-order valence-electron chi connectivity index (χ3n) is 3.16. The van der Waals surface area contributed by atoms with Crippen LogP contribution in [0.2, 0.25) is 0 Å². The van der Waals surface area contributed by atoms with Crippen LogP contribution in [0.25, 0.3) is 5.78 Å². The normalized spacial score (nSPS) is 11.1. The molecule has 0 amide bonds. The molecule has 2 heterocycles. The number of nitrogens with zero attached hydrogens (tertiary/aromatic N) is 4. The van der Waals surface area contributed by atoms with Gasteiger partial charge in [0.2, 0.25) is 0 Å². The largest absolute Gasteiger partial charge is 0.398 e. The van der Waals surface area contributed by atoms with Crippen LogP contribution in [0, 0.1) is 13.8 Å². The van der Waals surface area contributed by atoms with Crippen LogP contribution >= 0.6 is 0 Å². The fourth-order valence-electron chi connectivity index (χ4n) is 2.28. The monoisotopic (exact) mass is 253 g/mol. The summed E-state index contributed by atoms with van der Waals surface area (Å²) in [5, 5.41) is 8.36. The lowest BCUT2D eigenvalue weighted by Gasteiger charge is -2.06. The second kappa shape index (κ2) is 4.35. The van der Waals surface area contributed by atoms with Crippen LogP contribution in [-0.4, -0.2) is 19.6 Å². The number of hydrogen-bond donors (Lipinski definition) is 1. The third-order valence-corrected chi connectivity index (χ3v) is 3.16. The lowest BCUT2D eigenvalue weighted by molar-refractivity contribution is 0.907. The lowest BCUT2D eigenvalue weighted by Crippen LogP contribution is -2.03. The zero-order chi connectivity index (χ0) is 13.4. The minimum absolute atomic E-state index is 0.641. The van der Waals surface area contributed by atoms with Crippen LogP contribution in [0.3, 0.4) is 0 Å². The van der Waals surface area contributed by atoms with Crippen molar-refractivity contribution >= 4 is 11.5 Å². The molecular weight excluding hydrogens is 238 g/mol. The quantitative estimate of drug-likeness (QED) is 0.708. The number of rotatable bonds is 2. The molecule has 0 spiro atoms. The van der Waals surface area contributed by atoms with Gasteiger partial charge in [-0.2, -0.15) is 0 Å². The molecule has 3 rings (SSSR count). The summed E-state index contributed by atoms with van der Waals surface area (Å²) in [7, 11) is 0. The summed E-state index contributed by atoms with van der Waals surface area (Å²) in [4.78, 5) is 4.38. The fraction of sp³-hybridized carbons (Fsp3) is 0.214. The highest BCUT2D eigenvalue weighted by Crippen LogP contribution is 2.16. The minimum atomic E-state index is 0.641. The van der Waals surface area contributed by atoms with E-state index in [-0.39, 0.29) is 0 Å². The third kappa shape index (κ3) is 2.03. The molecule has 0 saturated carbocycles. The number of fused-ring (bicyclic) bond motifs is 1. The maximum absolute atomic E-state index is 5.97. The van der Waals surface area contributed by atoms with Crippen LogP contribution in [0.1, 0.15) is 22.8 Å². The summed E-state index contributed by atoms with van der Waals surface area (Å²) in [5.74, 6) is 1.50. The Morgan fingerprint density at radius 1 is 1.16 bits per heavy atom. The van der Waals surface area contributed by atoms with E-state index >= 15 is 0 Å². The van der Waals surface area contributed by atoms with Crippen LogP contribution in [0.4, 0.5) is 5.69 Å². The predicted octanol–water partition coefficient (Wildman–Crippen LogP) is 1.91. The summed E-state index contributed by atoms with van der Waals surface area (Å²) in [6, 6.07) is 9.83. The zero-order valence-corrected chi connectivity index (χ0v) is 11.0. The first kappa shape index (κ1) is 11.6. The van der Waals surface area contributed by atoms with Gasteiger partial charge in [-0.3, -0.25) is 4.40 Å². The number of para-hydroxylation sites is 1. The average molecular weight is 253 g/mol. The van der Waals surface area contributed by atoms with Crippen molar-refractivity contribution < 1.29 is 0 Å². The van der Waals surface area contributed by atoms with E-state index in [9.17, 15) is 0 Å².